The highest BCUT2D eigenvalue weighted by molar-refractivity contribution is 6.32. The number of nitrogens with two attached hydrogens (primary N) is 1. The van der Waals surface area contributed by atoms with Crippen molar-refractivity contribution in [3.63, 3.8) is 0 Å². The third-order valence-electron chi connectivity index (χ3n) is 2.45. The highest BCUT2D eigenvalue weighted by atomic mass is 35.5. The highest BCUT2D eigenvalue weighted by Crippen LogP contribution is 2.14. The van der Waals surface area contributed by atoms with E-state index in [1.165, 1.54) is 10.9 Å². The molecule has 0 spiro atoms. The molecule has 0 saturated heterocycles. The van der Waals surface area contributed by atoms with Gasteiger partial charge in [-0.3, -0.25) is 4.79 Å². The summed E-state index contributed by atoms with van der Waals surface area (Å²) < 4.78 is 1.35. The quantitative estimate of drug-likeness (QED) is 0.645. The molecule has 4 N–H and O–H groups in total. The first-order valence-corrected chi connectivity index (χ1v) is 6.46. The van der Waals surface area contributed by atoms with Crippen LogP contribution in [0.4, 0.5) is 10.5 Å². The van der Waals surface area contributed by atoms with E-state index in [9.17, 15) is 9.59 Å². The number of nitrogens with zero attached hydrogens (tertiary/aromatic N) is 2. The molecule has 7 nitrogen and oxygen atoms in total. The molecule has 0 saturated carbocycles. The van der Waals surface area contributed by atoms with Crippen LogP contribution >= 0.6 is 11.6 Å². The van der Waals surface area contributed by atoms with Gasteiger partial charge in [-0.1, -0.05) is 24.9 Å². The Bertz CT molecular complexity index is 488. The Balaban J connectivity index is 2.63. The van der Waals surface area contributed by atoms with Gasteiger partial charge in [-0.15, -0.1) is 0 Å². The molecule has 0 fully saturated rings. The molecule has 0 bridgehead atoms. The number of urea groups is 1. The van der Waals surface area contributed by atoms with Gasteiger partial charge in [0.25, 0.3) is 5.56 Å². The van der Waals surface area contributed by atoms with E-state index in [0.717, 1.165) is 12.8 Å². The summed E-state index contributed by atoms with van der Waals surface area (Å²) in [6.07, 6.45) is 3.35. The summed E-state index contributed by atoms with van der Waals surface area (Å²) in [7, 11) is 0. The number of hydrogen-bond acceptors (Lipinski definition) is 4. The second-order valence-electron chi connectivity index (χ2n) is 3.97. The first-order chi connectivity index (χ1) is 9.06. The lowest BCUT2D eigenvalue weighted by Crippen LogP contribution is -2.33. The minimum absolute atomic E-state index is 0.102. The van der Waals surface area contributed by atoms with Crippen molar-refractivity contribution in [3.05, 3.63) is 21.6 Å². The van der Waals surface area contributed by atoms with E-state index in [0.29, 0.717) is 25.3 Å². The largest absolute Gasteiger partial charge is 0.381 e. The minimum atomic E-state index is -0.596. The van der Waals surface area contributed by atoms with Gasteiger partial charge in [0, 0.05) is 19.6 Å². The number of nitrogens with one attached hydrogen (secondary N) is 2. The molecule has 2 amide bonds. The standard InChI is InChI=1S/C11H18ClN5O2/c1-2-3-6-17-10(18)9(12)8(7-16-17)14-4-5-15-11(13)19/h7,14H,2-6H2,1H3,(H3,13,15,19). The van der Waals surface area contributed by atoms with Crippen LogP contribution in [0.1, 0.15) is 19.8 Å². The molecule has 1 aromatic heterocycles. The van der Waals surface area contributed by atoms with Crippen molar-refractivity contribution in [2.45, 2.75) is 26.3 Å². The Morgan fingerprint density at radius 1 is 1.53 bits per heavy atom. The predicted octanol–water partition coefficient (Wildman–Crippen LogP) is 0.777. The summed E-state index contributed by atoms with van der Waals surface area (Å²) in [5.74, 6) is 0. The van der Waals surface area contributed by atoms with Crippen LogP contribution in [-0.2, 0) is 6.54 Å². The van der Waals surface area contributed by atoms with Gasteiger partial charge in [-0.05, 0) is 6.42 Å². The van der Waals surface area contributed by atoms with Crippen LogP contribution in [0.25, 0.3) is 0 Å². The summed E-state index contributed by atoms with van der Waals surface area (Å²) >= 11 is 5.97. The normalized spacial score (nSPS) is 10.2. The fourth-order valence-electron chi connectivity index (χ4n) is 1.44. The zero-order chi connectivity index (χ0) is 14.3. The summed E-state index contributed by atoms with van der Waals surface area (Å²) in [4.78, 5) is 22.3. The topological polar surface area (TPSA) is 102 Å². The molecule has 0 aliphatic carbocycles. The zero-order valence-corrected chi connectivity index (χ0v) is 11.5. The maximum atomic E-state index is 11.9. The minimum Gasteiger partial charge on any atom is -0.381 e. The van der Waals surface area contributed by atoms with E-state index in [2.05, 4.69) is 15.7 Å². The number of aryl methyl sites for hydroxylation is 1. The first kappa shape index (κ1) is 15.3. The van der Waals surface area contributed by atoms with Crippen LogP contribution in [0, 0.1) is 0 Å². The van der Waals surface area contributed by atoms with Crippen LogP contribution in [0.5, 0.6) is 0 Å². The van der Waals surface area contributed by atoms with Crippen LogP contribution in [0.2, 0.25) is 5.02 Å². The molecule has 19 heavy (non-hydrogen) atoms. The number of carbonyl (C=O) groups is 1. The first-order valence-electron chi connectivity index (χ1n) is 6.09. The smallest absolute Gasteiger partial charge is 0.312 e. The van der Waals surface area contributed by atoms with E-state index in [1.54, 1.807) is 0 Å². The van der Waals surface area contributed by atoms with Crippen LogP contribution in [0.15, 0.2) is 11.0 Å². The maximum absolute atomic E-state index is 11.9. The van der Waals surface area contributed by atoms with Crippen molar-refractivity contribution in [1.82, 2.24) is 15.1 Å². The number of unbranched alkanes of at least 4 members (excludes halogenated alkanes) is 1. The second-order valence-corrected chi connectivity index (χ2v) is 4.35. The summed E-state index contributed by atoms with van der Waals surface area (Å²) in [6.45, 7) is 3.33. The average Bonchev–Trinajstić information content (AvgIpc) is 2.38. The Morgan fingerprint density at radius 2 is 2.26 bits per heavy atom. The molecule has 1 rings (SSSR count). The number of amides is 2. The molecule has 0 unspecified atom stereocenters. The van der Waals surface area contributed by atoms with E-state index < -0.39 is 6.03 Å². The van der Waals surface area contributed by atoms with Crippen LogP contribution in [0.3, 0.4) is 0 Å². The lowest BCUT2D eigenvalue weighted by Gasteiger charge is -2.10. The molecule has 1 heterocycles. The molecular weight excluding hydrogens is 270 g/mol. The summed E-state index contributed by atoms with van der Waals surface area (Å²) in [5, 5.41) is 9.47. The number of anilines is 1. The second kappa shape index (κ2) is 7.63. The number of primary amides is 1. The van der Waals surface area contributed by atoms with Gasteiger partial charge in [-0.25, -0.2) is 9.48 Å². The molecule has 0 aliphatic heterocycles. The number of rotatable bonds is 7. The average molecular weight is 288 g/mol. The molecule has 106 valence electrons. The van der Waals surface area contributed by atoms with Gasteiger partial charge in [0.2, 0.25) is 0 Å². The van der Waals surface area contributed by atoms with Gasteiger partial charge in [-0.2, -0.15) is 5.10 Å². The van der Waals surface area contributed by atoms with Gasteiger partial charge < -0.3 is 16.4 Å². The zero-order valence-electron chi connectivity index (χ0n) is 10.8. The molecular formula is C11H18ClN5O2. The Hall–Kier alpha value is -1.76. The van der Waals surface area contributed by atoms with Crippen LogP contribution in [-0.4, -0.2) is 28.9 Å². The lowest BCUT2D eigenvalue weighted by molar-refractivity contribution is 0.249. The molecule has 1 aromatic rings. The number of carbonyl (C=O) groups excluding carboxylic acids is 1. The van der Waals surface area contributed by atoms with Crippen molar-refractivity contribution in [1.29, 1.82) is 0 Å². The number of hydrogen-bond donors (Lipinski definition) is 3. The summed E-state index contributed by atoms with van der Waals surface area (Å²) in [5.41, 5.74) is 5.06. The third-order valence-corrected chi connectivity index (χ3v) is 2.81. The molecule has 0 aromatic carbocycles. The van der Waals surface area contributed by atoms with E-state index in [4.69, 9.17) is 17.3 Å². The van der Waals surface area contributed by atoms with Gasteiger partial charge in [0.1, 0.15) is 5.02 Å². The summed E-state index contributed by atoms with van der Waals surface area (Å²) in [6, 6.07) is -0.596. The highest BCUT2D eigenvalue weighted by Gasteiger charge is 2.08. The lowest BCUT2D eigenvalue weighted by atomic mass is 10.3. The van der Waals surface area contributed by atoms with Crippen LogP contribution < -0.4 is 21.9 Å². The van der Waals surface area contributed by atoms with E-state index in [-0.39, 0.29) is 10.6 Å². The van der Waals surface area contributed by atoms with Gasteiger partial charge in [0.15, 0.2) is 0 Å². The molecule has 0 radical (unpaired) electrons. The van der Waals surface area contributed by atoms with E-state index >= 15 is 0 Å². The number of aromatic nitrogens is 2. The van der Waals surface area contributed by atoms with Gasteiger partial charge >= 0.3 is 6.03 Å². The fourth-order valence-corrected chi connectivity index (χ4v) is 1.65. The third kappa shape index (κ3) is 4.78. The van der Waals surface area contributed by atoms with Crippen molar-refractivity contribution in [2.24, 2.45) is 5.73 Å². The molecule has 0 aliphatic rings. The fraction of sp³-hybridized carbons (Fsp3) is 0.545. The maximum Gasteiger partial charge on any atom is 0.312 e. The molecule has 0 atom stereocenters. The van der Waals surface area contributed by atoms with Crippen molar-refractivity contribution >= 4 is 23.3 Å². The monoisotopic (exact) mass is 287 g/mol. The Labute approximate surface area is 116 Å². The van der Waals surface area contributed by atoms with Crippen molar-refractivity contribution in [2.75, 3.05) is 18.4 Å². The van der Waals surface area contributed by atoms with E-state index in [1.807, 2.05) is 6.92 Å². The SMILES string of the molecule is CCCCn1ncc(NCCNC(N)=O)c(Cl)c1=O. The predicted molar refractivity (Wildman–Crippen MR) is 74.5 cm³/mol. The van der Waals surface area contributed by atoms with Crippen molar-refractivity contribution < 1.29 is 4.79 Å². The van der Waals surface area contributed by atoms with Crippen molar-refractivity contribution in [3.8, 4) is 0 Å². The Morgan fingerprint density at radius 3 is 2.89 bits per heavy atom. The molecule has 8 heteroatoms. The van der Waals surface area contributed by atoms with Gasteiger partial charge in [0.05, 0.1) is 11.9 Å². The Kier molecular flexibility index (Phi) is 6.14. The number of halogens is 1.